The number of aliphatic hydroxyl groups excluding tert-OH is 1. The first kappa shape index (κ1) is 11.9. The summed E-state index contributed by atoms with van der Waals surface area (Å²) in [7, 11) is -0.995. The summed E-state index contributed by atoms with van der Waals surface area (Å²) in [4.78, 5) is 0. The molecule has 14 heavy (non-hydrogen) atoms. The van der Waals surface area contributed by atoms with E-state index in [4.69, 9.17) is 5.11 Å². The van der Waals surface area contributed by atoms with Crippen LogP contribution in [0.3, 0.4) is 0 Å². The summed E-state index contributed by atoms with van der Waals surface area (Å²) in [6, 6.07) is 7.77. The molecule has 0 radical (unpaired) electrons. The molecular weight excluding hydrogens is 264 g/mol. The fraction of sp³-hybridized carbons (Fsp3) is 0.400. The number of rotatable bonds is 4. The van der Waals surface area contributed by atoms with Gasteiger partial charge in [-0.05, 0) is 24.6 Å². The van der Waals surface area contributed by atoms with Crippen molar-refractivity contribution in [1.29, 1.82) is 0 Å². The van der Waals surface area contributed by atoms with Gasteiger partial charge in [0.2, 0.25) is 0 Å². The first-order valence-electron chi connectivity index (χ1n) is 4.38. The van der Waals surface area contributed by atoms with Crippen molar-refractivity contribution in [3.63, 3.8) is 0 Å². The van der Waals surface area contributed by atoms with E-state index in [0.717, 1.165) is 10.0 Å². The maximum atomic E-state index is 11.6. The molecule has 0 aliphatic heterocycles. The molecule has 4 heteroatoms. The van der Waals surface area contributed by atoms with Crippen LogP contribution >= 0.6 is 15.9 Å². The van der Waals surface area contributed by atoms with Gasteiger partial charge in [-0.1, -0.05) is 28.1 Å². The number of aliphatic hydroxyl groups is 1. The summed E-state index contributed by atoms with van der Waals surface area (Å²) in [6.45, 7) is 1.89. The Balaban J connectivity index is 2.78. The predicted molar refractivity (Wildman–Crippen MR) is 62.7 cm³/mol. The minimum atomic E-state index is -0.995. The lowest BCUT2D eigenvalue weighted by atomic mass is 10.2. The van der Waals surface area contributed by atoms with Crippen LogP contribution in [0.15, 0.2) is 28.7 Å². The summed E-state index contributed by atoms with van der Waals surface area (Å²) in [5.74, 6) is 0.341. The standard InChI is InChI=1S/C10H13BrO2S/c1-8(14(13)6-5-12)9-3-2-4-10(11)7-9/h2-4,7-8,12H,5-6H2,1H3/t8-,14+/m0/s1. The highest BCUT2D eigenvalue weighted by molar-refractivity contribution is 9.10. The van der Waals surface area contributed by atoms with E-state index in [2.05, 4.69) is 15.9 Å². The first-order chi connectivity index (χ1) is 6.65. The fourth-order valence-corrected chi connectivity index (χ4v) is 2.58. The highest BCUT2D eigenvalue weighted by atomic mass is 79.9. The van der Waals surface area contributed by atoms with Gasteiger partial charge in [-0.2, -0.15) is 0 Å². The molecule has 0 bridgehead atoms. The molecule has 0 amide bonds. The molecule has 1 aromatic carbocycles. The highest BCUT2D eigenvalue weighted by Gasteiger charge is 2.12. The Kier molecular flexibility index (Phi) is 4.78. The lowest BCUT2D eigenvalue weighted by Gasteiger charge is -2.10. The van der Waals surface area contributed by atoms with Gasteiger partial charge in [0.1, 0.15) is 0 Å². The Hall–Kier alpha value is -0.190. The van der Waals surface area contributed by atoms with Gasteiger partial charge in [0.15, 0.2) is 0 Å². The Morgan fingerprint density at radius 2 is 2.29 bits per heavy atom. The van der Waals surface area contributed by atoms with E-state index in [-0.39, 0.29) is 11.9 Å². The normalized spacial score (nSPS) is 15.1. The summed E-state index contributed by atoms with van der Waals surface area (Å²) in [5, 5.41) is 8.66. The van der Waals surface area contributed by atoms with Gasteiger partial charge in [0.25, 0.3) is 0 Å². The van der Waals surface area contributed by atoms with E-state index in [1.54, 1.807) is 0 Å². The van der Waals surface area contributed by atoms with Crippen molar-refractivity contribution in [2.24, 2.45) is 0 Å². The van der Waals surface area contributed by atoms with Gasteiger partial charge in [0.05, 0.1) is 11.9 Å². The molecule has 0 saturated carbocycles. The van der Waals surface area contributed by atoms with Crippen molar-refractivity contribution < 1.29 is 9.32 Å². The van der Waals surface area contributed by atoms with E-state index in [1.165, 1.54) is 0 Å². The van der Waals surface area contributed by atoms with Crippen LogP contribution in [0, 0.1) is 0 Å². The van der Waals surface area contributed by atoms with E-state index in [1.807, 2.05) is 31.2 Å². The van der Waals surface area contributed by atoms with Crippen LogP contribution < -0.4 is 0 Å². The molecule has 0 aliphatic carbocycles. The van der Waals surface area contributed by atoms with Crippen LogP contribution in [0.25, 0.3) is 0 Å². The maximum Gasteiger partial charge on any atom is 0.0570 e. The lowest BCUT2D eigenvalue weighted by molar-refractivity contribution is 0.321. The Bertz CT molecular complexity index is 328. The second-order valence-electron chi connectivity index (χ2n) is 3.01. The monoisotopic (exact) mass is 276 g/mol. The topological polar surface area (TPSA) is 37.3 Å². The van der Waals surface area contributed by atoms with E-state index in [0.29, 0.717) is 5.75 Å². The predicted octanol–water partition coefficient (Wildman–Crippen LogP) is 2.25. The molecule has 0 saturated heterocycles. The summed E-state index contributed by atoms with van der Waals surface area (Å²) in [6.07, 6.45) is 0. The molecular formula is C10H13BrO2S. The first-order valence-corrected chi connectivity index (χ1v) is 6.56. The van der Waals surface area contributed by atoms with Gasteiger partial charge in [-0.25, -0.2) is 0 Å². The number of halogens is 1. The molecule has 2 nitrogen and oxygen atoms in total. The molecule has 0 heterocycles. The molecule has 0 unspecified atom stereocenters. The van der Waals surface area contributed by atoms with E-state index < -0.39 is 10.8 Å². The lowest BCUT2D eigenvalue weighted by Crippen LogP contribution is -2.09. The second-order valence-corrected chi connectivity index (χ2v) is 5.80. The summed E-state index contributed by atoms with van der Waals surface area (Å²) < 4.78 is 12.6. The van der Waals surface area contributed by atoms with Gasteiger partial charge in [-0.15, -0.1) is 0 Å². The largest absolute Gasteiger partial charge is 0.395 e. The third-order valence-corrected chi connectivity index (χ3v) is 4.14. The van der Waals surface area contributed by atoms with Crippen molar-refractivity contribution in [1.82, 2.24) is 0 Å². The zero-order chi connectivity index (χ0) is 10.6. The minimum Gasteiger partial charge on any atom is -0.395 e. The quantitative estimate of drug-likeness (QED) is 0.916. The number of benzene rings is 1. The summed E-state index contributed by atoms with van der Waals surface area (Å²) >= 11 is 3.37. The zero-order valence-electron chi connectivity index (χ0n) is 7.94. The average Bonchev–Trinajstić information content (AvgIpc) is 2.17. The van der Waals surface area contributed by atoms with E-state index in [9.17, 15) is 4.21 Å². The van der Waals surface area contributed by atoms with Gasteiger partial charge in [0, 0.05) is 21.0 Å². The minimum absolute atomic E-state index is 0.0229. The Morgan fingerprint density at radius 1 is 1.57 bits per heavy atom. The fourth-order valence-electron chi connectivity index (χ4n) is 1.18. The third-order valence-electron chi connectivity index (χ3n) is 2.00. The highest BCUT2D eigenvalue weighted by Crippen LogP contribution is 2.22. The molecule has 0 spiro atoms. The molecule has 1 rings (SSSR count). The smallest absolute Gasteiger partial charge is 0.0570 e. The molecule has 0 aliphatic rings. The molecule has 2 atom stereocenters. The molecule has 1 aromatic rings. The molecule has 78 valence electrons. The van der Waals surface area contributed by atoms with Crippen molar-refractivity contribution in [3.05, 3.63) is 34.3 Å². The van der Waals surface area contributed by atoms with E-state index >= 15 is 0 Å². The van der Waals surface area contributed by atoms with Crippen LogP contribution in [0.5, 0.6) is 0 Å². The van der Waals surface area contributed by atoms with Gasteiger partial charge >= 0.3 is 0 Å². The van der Waals surface area contributed by atoms with Gasteiger partial charge < -0.3 is 5.11 Å². The second kappa shape index (κ2) is 5.63. The number of hydrogen-bond donors (Lipinski definition) is 1. The van der Waals surface area contributed by atoms with Crippen LogP contribution in [-0.2, 0) is 10.8 Å². The van der Waals surface area contributed by atoms with Crippen molar-refractivity contribution >= 4 is 26.7 Å². The van der Waals surface area contributed by atoms with Crippen molar-refractivity contribution in [2.45, 2.75) is 12.2 Å². The van der Waals surface area contributed by atoms with Gasteiger partial charge in [-0.3, -0.25) is 4.21 Å². The SMILES string of the molecule is C[C@@H](c1cccc(Br)c1)[S@](=O)CCO. The summed E-state index contributed by atoms with van der Waals surface area (Å²) in [5.41, 5.74) is 1.03. The van der Waals surface area contributed by atoms with Crippen LogP contribution in [-0.4, -0.2) is 21.7 Å². The Labute approximate surface area is 94.9 Å². The third kappa shape index (κ3) is 3.19. The van der Waals surface area contributed by atoms with Crippen LogP contribution in [0.2, 0.25) is 0 Å². The zero-order valence-corrected chi connectivity index (χ0v) is 10.3. The van der Waals surface area contributed by atoms with Crippen molar-refractivity contribution in [3.8, 4) is 0 Å². The molecule has 1 N–H and O–H groups in total. The maximum absolute atomic E-state index is 11.6. The average molecular weight is 277 g/mol. The van der Waals surface area contributed by atoms with Crippen molar-refractivity contribution in [2.75, 3.05) is 12.4 Å². The van der Waals surface area contributed by atoms with Crippen LogP contribution in [0.1, 0.15) is 17.7 Å². The molecule has 0 aromatic heterocycles. The van der Waals surface area contributed by atoms with Crippen LogP contribution in [0.4, 0.5) is 0 Å². The Morgan fingerprint density at radius 3 is 2.86 bits per heavy atom. The number of hydrogen-bond acceptors (Lipinski definition) is 2. The molecule has 0 fully saturated rings.